The highest BCUT2D eigenvalue weighted by molar-refractivity contribution is 7.10. The van der Waals surface area contributed by atoms with Crippen LogP contribution in [0.25, 0.3) is 0 Å². The first-order valence-electron chi connectivity index (χ1n) is 11.7. The van der Waals surface area contributed by atoms with E-state index in [0.29, 0.717) is 12.0 Å². The Hall–Kier alpha value is -1.15. The first-order valence-corrected chi connectivity index (χ1v) is 12.6. The average molecular weight is 435 g/mol. The van der Waals surface area contributed by atoms with Crippen LogP contribution in [0.5, 0.6) is 0 Å². The van der Waals surface area contributed by atoms with Crippen molar-refractivity contribution < 1.29 is 0 Å². The topological polar surface area (TPSA) is 46.1 Å². The molecule has 2 aliphatic rings. The zero-order valence-electron chi connectivity index (χ0n) is 19.4. The molecule has 3 rings (SSSR count). The number of thiophene rings is 1. The van der Waals surface area contributed by atoms with Crippen molar-refractivity contribution in [3.63, 3.8) is 0 Å². The number of nitrogens with one attached hydrogen (secondary N) is 2. The molecule has 170 valence electrons. The predicted molar refractivity (Wildman–Crippen MR) is 129 cm³/mol. The molecule has 0 spiro atoms. The second-order valence-corrected chi connectivity index (χ2v) is 10.3. The lowest BCUT2D eigenvalue weighted by atomic mass is 9.97. The Morgan fingerprint density at radius 3 is 2.47 bits per heavy atom. The van der Waals surface area contributed by atoms with Gasteiger partial charge in [-0.3, -0.25) is 9.89 Å². The van der Waals surface area contributed by atoms with Gasteiger partial charge < -0.3 is 20.4 Å². The number of piperidine rings is 1. The molecule has 0 amide bonds. The van der Waals surface area contributed by atoms with Gasteiger partial charge >= 0.3 is 0 Å². The molecule has 2 atom stereocenters. The van der Waals surface area contributed by atoms with E-state index in [2.05, 4.69) is 68.7 Å². The molecule has 2 unspecified atom stereocenters. The van der Waals surface area contributed by atoms with Crippen molar-refractivity contribution in [3.8, 4) is 0 Å². The number of likely N-dealkylation sites (tertiary alicyclic amines) is 1. The molecular formula is C23H42N6S. The number of aliphatic imine (C=N–C) groups is 1. The van der Waals surface area contributed by atoms with E-state index in [4.69, 9.17) is 0 Å². The molecule has 2 aliphatic heterocycles. The number of piperazine rings is 1. The number of hydrogen-bond acceptors (Lipinski definition) is 5. The summed E-state index contributed by atoms with van der Waals surface area (Å²) in [5.41, 5.74) is 0. The molecule has 6 nitrogen and oxygen atoms in total. The highest BCUT2D eigenvalue weighted by atomic mass is 32.1. The summed E-state index contributed by atoms with van der Waals surface area (Å²) in [6.07, 6.45) is 2.61. The molecule has 2 fully saturated rings. The fraction of sp³-hybridized carbons (Fsp3) is 0.783. The Morgan fingerprint density at radius 1 is 1.13 bits per heavy atom. The quantitative estimate of drug-likeness (QED) is 0.486. The van der Waals surface area contributed by atoms with E-state index in [-0.39, 0.29) is 0 Å². The molecule has 2 saturated heterocycles. The van der Waals surface area contributed by atoms with Gasteiger partial charge in [0, 0.05) is 57.7 Å². The molecule has 7 heteroatoms. The van der Waals surface area contributed by atoms with Crippen LogP contribution >= 0.6 is 11.3 Å². The second-order valence-electron chi connectivity index (χ2n) is 9.29. The van der Waals surface area contributed by atoms with Gasteiger partial charge in [-0.05, 0) is 56.3 Å². The van der Waals surface area contributed by atoms with E-state index < -0.39 is 0 Å². The minimum absolute atomic E-state index is 0.429. The van der Waals surface area contributed by atoms with E-state index in [1.165, 1.54) is 57.0 Å². The van der Waals surface area contributed by atoms with Crippen molar-refractivity contribution in [3.05, 3.63) is 22.4 Å². The average Bonchev–Trinajstić information content (AvgIpc) is 3.28. The molecular weight excluding hydrogens is 392 g/mol. The monoisotopic (exact) mass is 434 g/mol. The number of rotatable bonds is 8. The summed E-state index contributed by atoms with van der Waals surface area (Å²) in [4.78, 5) is 13.6. The SMILES string of the molecule is CN=C(NCC(C)CN1CCN(C)CC1)NCC(c1cccs1)N1CCC(C)CC1. The molecule has 0 aliphatic carbocycles. The Bertz CT molecular complexity index is 618. The van der Waals surface area contributed by atoms with Gasteiger partial charge in [0.05, 0.1) is 6.04 Å². The summed E-state index contributed by atoms with van der Waals surface area (Å²) in [6.45, 7) is 14.9. The fourth-order valence-corrected chi connectivity index (χ4v) is 5.31. The van der Waals surface area contributed by atoms with Crippen molar-refractivity contribution >= 4 is 17.3 Å². The van der Waals surface area contributed by atoms with E-state index >= 15 is 0 Å². The van der Waals surface area contributed by atoms with Gasteiger partial charge in [-0.2, -0.15) is 0 Å². The van der Waals surface area contributed by atoms with E-state index in [9.17, 15) is 0 Å². The minimum atomic E-state index is 0.429. The van der Waals surface area contributed by atoms with Crippen LogP contribution in [-0.4, -0.2) is 93.7 Å². The second kappa shape index (κ2) is 12.0. The highest BCUT2D eigenvalue weighted by Gasteiger charge is 2.25. The van der Waals surface area contributed by atoms with Crippen molar-refractivity contribution in [1.29, 1.82) is 0 Å². The van der Waals surface area contributed by atoms with Crippen LogP contribution in [0.15, 0.2) is 22.5 Å². The first kappa shape index (κ1) is 23.5. The largest absolute Gasteiger partial charge is 0.356 e. The lowest BCUT2D eigenvalue weighted by molar-refractivity contribution is 0.138. The molecule has 0 saturated carbocycles. The molecule has 2 N–H and O–H groups in total. The molecule has 0 radical (unpaired) electrons. The van der Waals surface area contributed by atoms with Crippen molar-refractivity contribution in [2.24, 2.45) is 16.8 Å². The first-order chi connectivity index (χ1) is 14.5. The van der Waals surface area contributed by atoms with Crippen molar-refractivity contribution in [2.75, 3.05) is 73.0 Å². The number of hydrogen-bond donors (Lipinski definition) is 2. The fourth-order valence-electron chi connectivity index (χ4n) is 4.45. The van der Waals surface area contributed by atoms with Gasteiger partial charge in [-0.25, -0.2) is 0 Å². The van der Waals surface area contributed by atoms with Crippen molar-refractivity contribution in [2.45, 2.75) is 32.7 Å². The maximum atomic E-state index is 4.49. The van der Waals surface area contributed by atoms with Crippen LogP contribution in [0.1, 0.15) is 37.6 Å². The third kappa shape index (κ3) is 7.22. The van der Waals surface area contributed by atoms with Gasteiger partial charge in [-0.1, -0.05) is 19.9 Å². The Kier molecular flexibility index (Phi) is 9.43. The van der Waals surface area contributed by atoms with Crippen LogP contribution in [0, 0.1) is 11.8 Å². The number of likely N-dealkylation sites (N-methyl/N-ethyl adjacent to an activating group) is 1. The minimum Gasteiger partial charge on any atom is -0.356 e. The maximum Gasteiger partial charge on any atom is 0.191 e. The zero-order chi connectivity index (χ0) is 21.3. The third-order valence-electron chi connectivity index (χ3n) is 6.60. The van der Waals surface area contributed by atoms with Gasteiger partial charge in [0.1, 0.15) is 0 Å². The molecule has 0 bridgehead atoms. The van der Waals surface area contributed by atoms with Crippen molar-refractivity contribution in [1.82, 2.24) is 25.3 Å². The molecule has 1 aromatic heterocycles. The van der Waals surface area contributed by atoms with Crippen LogP contribution in [-0.2, 0) is 0 Å². The van der Waals surface area contributed by atoms with E-state index in [0.717, 1.165) is 31.5 Å². The van der Waals surface area contributed by atoms with Gasteiger partial charge in [-0.15, -0.1) is 11.3 Å². The maximum absolute atomic E-state index is 4.49. The lowest BCUT2D eigenvalue weighted by Gasteiger charge is -2.36. The zero-order valence-corrected chi connectivity index (χ0v) is 20.3. The third-order valence-corrected chi connectivity index (χ3v) is 7.57. The molecule has 3 heterocycles. The Labute approximate surface area is 187 Å². The van der Waals surface area contributed by atoms with Crippen LogP contribution < -0.4 is 10.6 Å². The van der Waals surface area contributed by atoms with Gasteiger partial charge in [0.15, 0.2) is 5.96 Å². The Morgan fingerprint density at radius 2 is 1.83 bits per heavy atom. The summed E-state index contributed by atoms with van der Waals surface area (Å²) in [5, 5.41) is 9.38. The highest BCUT2D eigenvalue weighted by Crippen LogP contribution is 2.29. The smallest absolute Gasteiger partial charge is 0.191 e. The molecule has 1 aromatic rings. The van der Waals surface area contributed by atoms with Gasteiger partial charge in [0.25, 0.3) is 0 Å². The Balaban J connectivity index is 1.45. The van der Waals surface area contributed by atoms with E-state index in [1.54, 1.807) is 0 Å². The molecule has 0 aromatic carbocycles. The summed E-state index contributed by atoms with van der Waals surface area (Å²) in [6, 6.07) is 4.88. The van der Waals surface area contributed by atoms with Gasteiger partial charge in [0.2, 0.25) is 0 Å². The van der Waals surface area contributed by atoms with Crippen LogP contribution in [0.4, 0.5) is 0 Å². The molecule has 30 heavy (non-hydrogen) atoms. The summed E-state index contributed by atoms with van der Waals surface area (Å²) < 4.78 is 0. The normalized spacial score (nSPS) is 22.7. The summed E-state index contributed by atoms with van der Waals surface area (Å²) in [7, 11) is 4.09. The van der Waals surface area contributed by atoms with Crippen LogP contribution in [0.2, 0.25) is 0 Å². The predicted octanol–water partition coefficient (Wildman–Crippen LogP) is 2.57. The summed E-state index contributed by atoms with van der Waals surface area (Å²) in [5.74, 6) is 2.38. The number of nitrogens with zero attached hydrogens (tertiary/aromatic N) is 4. The lowest BCUT2D eigenvalue weighted by Crippen LogP contribution is -2.48. The van der Waals surface area contributed by atoms with E-state index in [1.807, 2.05) is 18.4 Å². The van der Waals surface area contributed by atoms with Crippen LogP contribution in [0.3, 0.4) is 0 Å². The standard InChI is InChI=1S/C23H42N6S/c1-19-7-9-29(10-8-19)21(22-6-5-15-30-22)17-26-23(24-3)25-16-20(2)18-28-13-11-27(4)12-14-28/h5-6,15,19-21H,7-14,16-18H2,1-4H3,(H2,24,25,26). The number of guanidine groups is 1. The summed E-state index contributed by atoms with van der Waals surface area (Å²) >= 11 is 1.87.